The van der Waals surface area contributed by atoms with Gasteiger partial charge in [0.05, 0.1) is 0 Å². The Kier molecular flexibility index (Phi) is 6.75. The molecule has 0 unspecified atom stereocenters. The van der Waals surface area contributed by atoms with Crippen LogP contribution in [0.3, 0.4) is 0 Å². The van der Waals surface area contributed by atoms with Crippen LogP contribution >= 0.6 is 0 Å². The van der Waals surface area contributed by atoms with Crippen LogP contribution in [0.4, 0.5) is 4.79 Å². The summed E-state index contributed by atoms with van der Waals surface area (Å²) in [6, 6.07) is 6.35. The van der Waals surface area contributed by atoms with E-state index >= 15 is 0 Å². The Balaban J connectivity index is 2.03. The number of amides is 1. The maximum atomic E-state index is 12.2. The first-order chi connectivity index (χ1) is 10.7. The second-order valence-electron chi connectivity index (χ2n) is 6.26. The molecule has 0 aliphatic heterocycles. The third-order valence-electron chi connectivity index (χ3n) is 4.38. The van der Waals surface area contributed by atoms with Gasteiger partial charge in [-0.05, 0) is 42.9 Å². The molecule has 1 amide bonds. The van der Waals surface area contributed by atoms with E-state index in [4.69, 9.17) is 4.74 Å². The normalized spacial score (nSPS) is 15.5. The summed E-state index contributed by atoms with van der Waals surface area (Å²) < 4.78 is 5.64. The molecule has 1 aromatic carbocycles. The van der Waals surface area contributed by atoms with E-state index in [9.17, 15) is 4.79 Å². The number of carbonyl (C=O) groups excluding carboxylic acids is 1. The molecule has 0 spiro atoms. The minimum Gasteiger partial charge on any atom is -0.410 e. The van der Waals surface area contributed by atoms with Gasteiger partial charge in [-0.1, -0.05) is 58.1 Å². The van der Waals surface area contributed by atoms with Gasteiger partial charge in [-0.2, -0.15) is 0 Å². The summed E-state index contributed by atoms with van der Waals surface area (Å²) >= 11 is 0. The van der Waals surface area contributed by atoms with Crippen LogP contribution in [0.5, 0.6) is 5.75 Å². The number of benzene rings is 1. The van der Waals surface area contributed by atoms with Crippen molar-refractivity contribution in [3.05, 3.63) is 29.3 Å². The molecule has 1 aromatic rings. The Hall–Kier alpha value is -1.51. The van der Waals surface area contributed by atoms with Gasteiger partial charge in [-0.25, -0.2) is 4.79 Å². The van der Waals surface area contributed by atoms with Crippen molar-refractivity contribution in [3.8, 4) is 5.75 Å². The summed E-state index contributed by atoms with van der Waals surface area (Å²) in [7, 11) is 0. The predicted molar refractivity (Wildman–Crippen MR) is 90.5 cm³/mol. The summed E-state index contributed by atoms with van der Waals surface area (Å²) in [4.78, 5) is 12.2. The summed E-state index contributed by atoms with van der Waals surface area (Å²) in [5.74, 6) is 0.737. The molecule has 1 aliphatic rings. The number of hydrogen-bond acceptors (Lipinski definition) is 2. The first kappa shape index (κ1) is 16.9. The fourth-order valence-corrected chi connectivity index (χ4v) is 3.29. The van der Waals surface area contributed by atoms with Crippen LogP contribution in [-0.4, -0.2) is 12.1 Å². The van der Waals surface area contributed by atoms with Crippen molar-refractivity contribution in [1.29, 1.82) is 0 Å². The number of aryl methyl sites for hydroxylation is 1. The SMILES string of the molecule is CCCc1cccc(OC(=O)NC2CCCCC2)c1CCC. The largest absolute Gasteiger partial charge is 0.412 e. The summed E-state index contributed by atoms with van der Waals surface area (Å²) in [6.45, 7) is 4.34. The molecule has 2 rings (SSSR count). The van der Waals surface area contributed by atoms with Gasteiger partial charge < -0.3 is 10.1 Å². The van der Waals surface area contributed by atoms with Crippen LogP contribution in [0.1, 0.15) is 69.9 Å². The fraction of sp³-hybridized carbons (Fsp3) is 0.632. The minimum absolute atomic E-state index is 0.287. The zero-order valence-electron chi connectivity index (χ0n) is 14.0. The second-order valence-corrected chi connectivity index (χ2v) is 6.26. The van der Waals surface area contributed by atoms with E-state index in [-0.39, 0.29) is 12.1 Å². The molecule has 3 heteroatoms. The van der Waals surface area contributed by atoms with Gasteiger partial charge in [0, 0.05) is 6.04 Å². The number of hydrogen-bond donors (Lipinski definition) is 1. The van der Waals surface area contributed by atoms with E-state index in [2.05, 4.69) is 25.2 Å². The van der Waals surface area contributed by atoms with Crippen LogP contribution in [0.2, 0.25) is 0 Å². The van der Waals surface area contributed by atoms with Crippen molar-refractivity contribution >= 4 is 6.09 Å². The monoisotopic (exact) mass is 303 g/mol. The molecule has 3 nitrogen and oxygen atoms in total. The van der Waals surface area contributed by atoms with E-state index in [1.807, 2.05) is 12.1 Å². The third-order valence-corrected chi connectivity index (χ3v) is 4.38. The molecule has 0 aromatic heterocycles. The predicted octanol–water partition coefficient (Wildman–Crippen LogP) is 5.01. The topological polar surface area (TPSA) is 38.3 Å². The molecule has 1 saturated carbocycles. The van der Waals surface area contributed by atoms with Crippen LogP contribution in [-0.2, 0) is 12.8 Å². The molecule has 1 fully saturated rings. The average Bonchev–Trinajstić information content (AvgIpc) is 2.51. The lowest BCUT2D eigenvalue weighted by Crippen LogP contribution is -2.38. The Morgan fingerprint density at radius 3 is 2.55 bits per heavy atom. The lowest BCUT2D eigenvalue weighted by Gasteiger charge is -2.22. The Bertz CT molecular complexity index is 478. The van der Waals surface area contributed by atoms with Gasteiger partial charge in [-0.3, -0.25) is 0 Å². The second kappa shape index (κ2) is 8.82. The molecule has 0 atom stereocenters. The van der Waals surface area contributed by atoms with E-state index < -0.39 is 0 Å². The van der Waals surface area contributed by atoms with Crippen molar-refractivity contribution < 1.29 is 9.53 Å². The summed E-state index contributed by atoms with van der Waals surface area (Å²) in [5, 5.41) is 3.03. The van der Waals surface area contributed by atoms with Crippen molar-refractivity contribution in [2.75, 3.05) is 0 Å². The highest BCUT2D eigenvalue weighted by molar-refractivity contribution is 5.71. The smallest absolute Gasteiger partial charge is 0.410 e. The molecule has 1 aliphatic carbocycles. The van der Waals surface area contributed by atoms with Gasteiger partial charge in [0.2, 0.25) is 0 Å². The number of nitrogens with one attached hydrogen (secondary N) is 1. The van der Waals surface area contributed by atoms with E-state index in [1.54, 1.807) is 0 Å². The van der Waals surface area contributed by atoms with Gasteiger partial charge in [0.1, 0.15) is 5.75 Å². The molecule has 22 heavy (non-hydrogen) atoms. The standard InChI is InChI=1S/C19H29NO2/c1-3-9-15-11-8-14-18(17(15)10-4-2)22-19(21)20-16-12-6-5-7-13-16/h8,11,14,16H,3-7,9-10,12-13H2,1-2H3,(H,20,21). The average molecular weight is 303 g/mol. The molecule has 0 radical (unpaired) electrons. The zero-order valence-corrected chi connectivity index (χ0v) is 14.0. The van der Waals surface area contributed by atoms with Crippen LogP contribution in [0, 0.1) is 0 Å². The molecule has 0 bridgehead atoms. The van der Waals surface area contributed by atoms with Gasteiger partial charge in [0.25, 0.3) is 0 Å². The molecule has 0 saturated heterocycles. The Morgan fingerprint density at radius 1 is 1.14 bits per heavy atom. The fourth-order valence-electron chi connectivity index (χ4n) is 3.29. The first-order valence-electron chi connectivity index (χ1n) is 8.83. The summed E-state index contributed by atoms with van der Waals surface area (Å²) in [5.41, 5.74) is 2.51. The molecule has 0 heterocycles. The van der Waals surface area contributed by atoms with Crippen molar-refractivity contribution in [1.82, 2.24) is 5.32 Å². The maximum Gasteiger partial charge on any atom is 0.412 e. The molecule has 122 valence electrons. The van der Waals surface area contributed by atoms with E-state index in [0.29, 0.717) is 0 Å². The Morgan fingerprint density at radius 2 is 1.86 bits per heavy atom. The number of rotatable bonds is 6. The van der Waals surface area contributed by atoms with Crippen molar-refractivity contribution in [2.24, 2.45) is 0 Å². The highest BCUT2D eigenvalue weighted by atomic mass is 16.6. The first-order valence-corrected chi connectivity index (χ1v) is 8.83. The highest BCUT2D eigenvalue weighted by Gasteiger charge is 2.18. The summed E-state index contributed by atoms with van der Waals surface area (Å²) in [6.07, 6.45) is 9.72. The van der Waals surface area contributed by atoms with E-state index in [1.165, 1.54) is 30.4 Å². The van der Waals surface area contributed by atoms with Crippen molar-refractivity contribution in [2.45, 2.75) is 77.7 Å². The van der Waals surface area contributed by atoms with Crippen LogP contribution in [0.25, 0.3) is 0 Å². The molecule has 1 N–H and O–H groups in total. The molecular weight excluding hydrogens is 274 g/mol. The quantitative estimate of drug-likeness (QED) is 0.802. The highest BCUT2D eigenvalue weighted by Crippen LogP contribution is 2.26. The van der Waals surface area contributed by atoms with Gasteiger partial charge >= 0.3 is 6.09 Å². The Labute approximate surface area is 134 Å². The third kappa shape index (κ3) is 4.75. The van der Waals surface area contributed by atoms with Crippen LogP contribution in [0.15, 0.2) is 18.2 Å². The van der Waals surface area contributed by atoms with Gasteiger partial charge in [0.15, 0.2) is 0 Å². The van der Waals surface area contributed by atoms with Crippen LogP contribution < -0.4 is 10.1 Å². The van der Waals surface area contributed by atoms with Crippen molar-refractivity contribution in [3.63, 3.8) is 0 Å². The molecular formula is C19H29NO2. The minimum atomic E-state index is -0.294. The van der Waals surface area contributed by atoms with Gasteiger partial charge in [-0.15, -0.1) is 0 Å². The lowest BCUT2D eigenvalue weighted by atomic mass is 9.96. The van der Waals surface area contributed by atoms with E-state index in [0.717, 1.165) is 44.3 Å². The lowest BCUT2D eigenvalue weighted by molar-refractivity contribution is 0.191. The number of ether oxygens (including phenoxy) is 1. The zero-order chi connectivity index (χ0) is 15.8. The number of carbonyl (C=O) groups is 1. The maximum absolute atomic E-state index is 12.2.